The van der Waals surface area contributed by atoms with Gasteiger partial charge in [0.1, 0.15) is 12.4 Å². The van der Waals surface area contributed by atoms with Crippen LogP contribution >= 0.6 is 15.9 Å². The lowest BCUT2D eigenvalue weighted by atomic mass is 10.1. The molecule has 0 fully saturated rings. The average Bonchev–Trinajstić information content (AvgIpc) is 2.45. The maximum atomic E-state index is 10.6. The van der Waals surface area contributed by atoms with Crippen molar-refractivity contribution in [3.8, 4) is 5.75 Å². The second-order valence-corrected chi connectivity index (χ2v) is 5.49. The number of non-ortho nitro benzene ring substituents is 1. The molecule has 0 radical (unpaired) electrons. The third kappa shape index (κ3) is 4.03. The summed E-state index contributed by atoms with van der Waals surface area (Å²) in [6, 6.07) is 11.6. The molecule has 0 spiro atoms. The van der Waals surface area contributed by atoms with E-state index in [-0.39, 0.29) is 12.3 Å². The van der Waals surface area contributed by atoms with E-state index >= 15 is 0 Å². The van der Waals surface area contributed by atoms with Gasteiger partial charge in [-0.25, -0.2) is 0 Å². The molecular weight excluding hydrogens is 338 g/mol. The number of halogens is 1. The number of rotatable bonds is 5. The van der Waals surface area contributed by atoms with Gasteiger partial charge in [0.15, 0.2) is 0 Å². The highest BCUT2D eigenvalue weighted by Crippen LogP contribution is 2.29. The van der Waals surface area contributed by atoms with Crippen LogP contribution in [0.1, 0.15) is 24.2 Å². The lowest BCUT2D eigenvalue weighted by molar-refractivity contribution is -0.384. The minimum Gasteiger partial charge on any atom is -0.488 e. The Morgan fingerprint density at radius 3 is 2.52 bits per heavy atom. The monoisotopic (exact) mass is 351 g/mol. The SMILES string of the molecule is CC(O)c1ccc(Br)cc1OCc1ccc([N+](=O)[O-])cc1. The lowest BCUT2D eigenvalue weighted by Crippen LogP contribution is -2.01. The molecule has 5 nitrogen and oxygen atoms in total. The van der Waals surface area contributed by atoms with Crippen molar-refractivity contribution < 1.29 is 14.8 Å². The minimum absolute atomic E-state index is 0.0471. The Morgan fingerprint density at radius 2 is 1.95 bits per heavy atom. The molecular formula is C15H14BrNO4. The van der Waals surface area contributed by atoms with Crippen LogP contribution in [0.25, 0.3) is 0 Å². The molecule has 21 heavy (non-hydrogen) atoms. The van der Waals surface area contributed by atoms with Gasteiger partial charge in [0.25, 0.3) is 5.69 Å². The summed E-state index contributed by atoms with van der Waals surface area (Å²) in [5.74, 6) is 0.581. The molecule has 6 heteroatoms. The van der Waals surface area contributed by atoms with Gasteiger partial charge in [-0.05, 0) is 36.8 Å². The van der Waals surface area contributed by atoms with Crippen LogP contribution < -0.4 is 4.74 Å². The number of ether oxygens (including phenoxy) is 1. The van der Waals surface area contributed by atoms with E-state index in [1.807, 2.05) is 6.07 Å². The molecule has 0 aliphatic rings. The van der Waals surface area contributed by atoms with Gasteiger partial charge in [0.05, 0.1) is 11.0 Å². The molecule has 2 rings (SSSR count). The number of aliphatic hydroxyl groups excluding tert-OH is 1. The highest BCUT2D eigenvalue weighted by atomic mass is 79.9. The standard InChI is InChI=1S/C15H14BrNO4/c1-10(18)14-7-4-12(16)8-15(14)21-9-11-2-5-13(6-3-11)17(19)20/h2-8,10,18H,9H2,1H3. The van der Waals surface area contributed by atoms with E-state index < -0.39 is 11.0 Å². The molecule has 110 valence electrons. The maximum Gasteiger partial charge on any atom is 0.269 e. The number of nitrogens with zero attached hydrogens (tertiary/aromatic N) is 1. The number of hydrogen-bond acceptors (Lipinski definition) is 4. The Morgan fingerprint density at radius 1 is 1.29 bits per heavy atom. The number of hydrogen-bond donors (Lipinski definition) is 1. The lowest BCUT2D eigenvalue weighted by Gasteiger charge is -2.14. The number of benzene rings is 2. The quantitative estimate of drug-likeness (QED) is 0.652. The summed E-state index contributed by atoms with van der Waals surface area (Å²) in [4.78, 5) is 10.1. The summed E-state index contributed by atoms with van der Waals surface area (Å²) in [6.45, 7) is 1.94. The van der Waals surface area contributed by atoms with E-state index in [1.165, 1.54) is 12.1 Å². The fourth-order valence-electron chi connectivity index (χ4n) is 1.85. The zero-order valence-electron chi connectivity index (χ0n) is 11.3. The zero-order chi connectivity index (χ0) is 15.4. The third-order valence-electron chi connectivity index (χ3n) is 2.97. The van der Waals surface area contributed by atoms with E-state index in [9.17, 15) is 15.2 Å². The van der Waals surface area contributed by atoms with Gasteiger partial charge in [-0.1, -0.05) is 22.0 Å². The number of nitro benzene ring substituents is 1. The van der Waals surface area contributed by atoms with Gasteiger partial charge in [0, 0.05) is 22.2 Å². The van der Waals surface area contributed by atoms with Crippen molar-refractivity contribution in [1.29, 1.82) is 0 Å². The van der Waals surface area contributed by atoms with Gasteiger partial charge < -0.3 is 9.84 Å². The van der Waals surface area contributed by atoms with Crippen LogP contribution in [-0.4, -0.2) is 10.0 Å². The van der Waals surface area contributed by atoms with E-state index in [4.69, 9.17) is 4.74 Å². The van der Waals surface area contributed by atoms with Crippen LogP contribution in [0.3, 0.4) is 0 Å². The fourth-order valence-corrected chi connectivity index (χ4v) is 2.19. The molecule has 0 saturated carbocycles. The first-order chi connectivity index (χ1) is 9.97. The molecule has 2 aromatic carbocycles. The minimum atomic E-state index is -0.634. The molecule has 0 bridgehead atoms. The summed E-state index contributed by atoms with van der Waals surface area (Å²) in [5.41, 5.74) is 1.56. The van der Waals surface area contributed by atoms with Gasteiger partial charge in [-0.15, -0.1) is 0 Å². The number of nitro groups is 1. The van der Waals surface area contributed by atoms with Crippen molar-refractivity contribution in [3.05, 3.63) is 68.2 Å². The highest BCUT2D eigenvalue weighted by molar-refractivity contribution is 9.10. The van der Waals surface area contributed by atoms with Crippen molar-refractivity contribution in [3.63, 3.8) is 0 Å². The molecule has 1 unspecified atom stereocenters. The fraction of sp³-hybridized carbons (Fsp3) is 0.200. The van der Waals surface area contributed by atoms with E-state index in [0.717, 1.165) is 10.0 Å². The van der Waals surface area contributed by atoms with E-state index in [0.29, 0.717) is 11.3 Å². The summed E-state index contributed by atoms with van der Waals surface area (Å²) in [7, 11) is 0. The Hall–Kier alpha value is -1.92. The molecule has 0 amide bonds. The van der Waals surface area contributed by atoms with Gasteiger partial charge in [-0.3, -0.25) is 10.1 Å². The predicted molar refractivity (Wildman–Crippen MR) is 82.2 cm³/mol. The number of aliphatic hydroxyl groups is 1. The maximum absolute atomic E-state index is 10.6. The van der Waals surface area contributed by atoms with Crippen LogP contribution in [0.5, 0.6) is 5.75 Å². The molecule has 0 heterocycles. The average molecular weight is 352 g/mol. The summed E-state index contributed by atoms with van der Waals surface area (Å²) < 4.78 is 6.56. The normalized spacial score (nSPS) is 12.0. The van der Waals surface area contributed by atoms with E-state index in [1.54, 1.807) is 31.2 Å². The summed E-state index contributed by atoms with van der Waals surface area (Å²) >= 11 is 3.36. The van der Waals surface area contributed by atoms with Gasteiger partial charge >= 0.3 is 0 Å². The van der Waals surface area contributed by atoms with Crippen LogP contribution in [0.15, 0.2) is 46.9 Å². The van der Waals surface area contributed by atoms with Crippen LogP contribution in [0.4, 0.5) is 5.69 Å². The largest absolute Gasteiger partial charge is 0.488 e. The topological polar surface area (TPSA) is 72.6 Å². The second kappa shape index (κ2) is 6.69. The Bertz CT molecular complexity index is 641. The van der Waals surface area contributed by atoms with Crippen LogP contribution in [0, 0.1) is 10.1 Å². The molecule has 1 N–H and O–H groups in total. The second-order valence-electron chi connectivity index (χ2n) is 4.57. The molecule has 0 saturated heterocycles. The Kier molecular flexibility index (Phi) is 4.93. The molecule has 1 atom stereocenters. The van der Waals surface area contributed by atoms with Crippen LogP contribution in [0.2, 0.25) is 0 Å². The first-order valence-corrected chi connectivity index (χ1v) is 7.10. The summed E-state index contributed by atoms with van der Waals surface area (Å²) in [6.07, 6.45) is -0.634. The van der Waals surface area contributed by atoms with Crippen molar-refractivity contribution in [2.24, 2.45) is 0 Å². The van der Waals surface area contributed by atoms with Crippen molar-refractivity contribution in [1.82, 2.24) is 0 Å². The predicted octanol–water partition coefficient (Wildman–Crippen LogP) is 3.99. The van der Waals surface area contributed by atoms with Crippen molar-refractivity contribution >= 4 is 21.6 Å². The Labute approximate surface area is 130 Å². The zero-order valence-corrected chi connectivity index (χ0v) is 12.9. The van der Waals surface area contributed by atoms with Gasteiger partial charge in [-0.2, -0.15) is 0 Å². The molecule has 0 aliphatic carbocycles. The Balaban J connectivity index is 2.12. The highest BCUT2D eigenvalue weighted by Gasteiger charge is 2.10. The van der Waals surface area contributed by atoms with Crippen LogP contribution in [-0.2, 0) is 6.61 Å². The molecule has 0 aliphatic heterocycles. The van der Waals surface area contributed by atoms with Crippen molar-refractivity contribution in [2.75, 3.05) is 0 Å². The van der Waals surface area contributed by atoms with Gasteiger partial charge in [0.2, 0.25) is 0 Å². The first kappa shape index (κ1) is 15.5. The summed E-state index contributed by atoms with van der Waals surface area (Å²) in [5, 5.41) is 20.3. The molecule has 0 aromatic heterocycles. The smallest absolute Gasteiger partial charge is 0.269 e. The first-order valence-electron chi connectivity index (χ1n) is 6.31. The third-order valence-corrected chi connectivity index (χ3v) is 3.46. The van der Waals surface area contributed by atoms with E-state index in [2.05, 4.69) is 15.9 Å². The molecule has 2 aromatic rings. The van der Waals surface area contributed by atoms with Crippen molar-refractivity contribution in [2.45, 2.75) is 19.6 Å².